The van der Waals surface area contributed by atoms with E-state index < -0.39 is 0 Å². The molecule has 1 heterocycles. The van der Waals surface area contributed by atoms with Crippen molar-refractivity contribution in [2.75, 3.05) is 32.8 Å². The van der Waals surface area contributed by atoms with Gasteiger partial charge in [-0.3, -0.25) is 5.43 Å². The third kappa shape index (κ3) is 16.2. The minimum atomic E-state index is -0.0807. The average molecular weight is 398 g/mol. The predicted octanol–water partition coefficient (Wildman–Crippen LogP) is 5.79. The van der Waals surface area contributed by atoms with Crippen LogP contribution in [0.1, 0.15) is 110 Å². The van der Waals surface area contributed by atoms with Gasteiger partial charge < -0.3 is 10.1 Å². The van der Waals surface area contributed by atoms with Crippen LogP contribution in [0.4, 0.5) is 4.79 Å². The van der Waals surface area contributed by atoms with Gasteiger partial charge in [-0.1, -0.05) is 103 Å². The summed E-state index contributed by atoms with van der Waals surface area (Å²) in [6, 6.07) is -0.0807. The fourth-order valence-corrected chi connectivity index (χ4v) is 3.73. The molecule has 1 aliphatic heterocycles. The van der Waals surface area contributed by atoms with Gasteiger partial charge in [0.05, 0.1) is 13.2 Å². The molecule has 0 aromatic carbocycles. The van der Waals surface area contributed by atoms with Crippen molar-refractivity contribution in [3.8, 4) is 0 Å². The lowest BCUT2D eigenvalue weighted by atomic mass is 10.0. The summed E-state index contributed by atoms with van der Waals surface area (Å²) in [4.78, 5) is 11.8. The van der Waals surface area contributed by atoms with E-state index in [9.17, 15) is 4.79 Å². The fraction of sp³-hybridized carbons (Fsp3) is 0.957. The van der Waals surface area contributed by atoms with Crippen LogP contribution in [0.3, 0.4) is 0 Å². The van der Waals surface area contributed by atoms with Crippen LogP contribution in [0, 0.1) is 0 Å². The number of urea groups is 1. The van der Waals surface area contributed by atoms with Crippen molar-refractivity contribution in [1.82, 2.24) is 15.8 Å². The number of rotatable bonds is 18. The van der Waals surface area contributed by atoms with Gasteiger partial charge >= 0.3 is 6.03 Å². The summed E-state index contributed by atoms with van der Waals surface area (Å²) in [5, 5.41) is 4.87. The van der Waals surface area contributed by atoms with E-state index in [-0.39, 0.29) is 6.03 Å². The number of morpholine rings is 1. The molecule has 0 saturated carbocycles. The SMILES string of the molecule is CCCCCCCCCCCCCCCCCCNC(=O)NN1CCOCC1. The first kappa shape index (κ1) is 25.2. The molecule has 1 rings (SSSR count). The summed E-state index contributed by atoms with van der Waals surface area (Å²) in [5.41, 5.74) is 2.88. The maximum atomic E-state index is 11.8. The zero-order chi connectivity index (χ0) is 20.1. The standard InChI is InChI=1S/C23H47N3O2/c1-2-3-4-5-6-7-8-9-10-11-12-13-14-15-16-17-18-24-23(27)25-26-19-21-28-22-20-26/h2-22H2,1H3,(H2,24,25,27). The molecule has 0 bridgehead atoms. The first-order valence-electron chi connectivity index (χ1n) is 12.2. The third-order valence-corrected chi connectivity index (χ3v) is 5.59. The fourth-order valence-electron chi connectivity index (χ4n) is 3.73. The molecule has 0 aromatic heterocycles. The molecule has 2 amide bonds. The quantitative estimate of drug-likeness (QED) is 0.288. The van der Waals surface area contributed by atoms with Crippen molar-refractivity contribution in [3.63, 3.8) is 0 Å². The lowest BCUT2D eigenvalue weighted by molar-refractivity contribution is 0.0195. The van der Waals surface area contributed by atoms with Crippen molar-refractivity contribution in [2.24, 2.45) is 0 Å². The van der Waals surface area contributed by atoms with Crippen LogP contribution >= 0.6 is 0 Å². The molecule has 28 heavy (non-hydrogen) atoms. The van der Waals surface area contributed by atoms with Gasteiger partial charge in [-0.25, -0.2) is 9.80 Å². The summed E-state index contributed by atoms with van der Waals surface area (Å²) in [5.74, 6) is 0. The smallest absolute Gasteiger partial charge is 0.329 e. The Labute approximate surface area is 174 Å². The van der Waals surface area contributed by atoms with E-state index in [2.05, 4.69) is 17.7 Å². The van der Waals surface area contributed by atoms with Crippen LogP contribution in [0.15, 0.2) is 0 Å². The van der Waals surface area contributed by atoms with Gasteiger partial charge in [-0.2, -0.15) is 0 Å². The monoisotopic (exact) mass is 397 g/mol. The number of hydrazine groups is 1. The van der Waals surface area contributed by atoms with Crippen LogP contribution in [-0.2, 0) is 4.74 Å². The van der Waals surface area contributed by atoms with E-state index in [4.69, 9.17) is 4.74 Å². The van der Waals surface area contributed by atoms with Gasteiger partial charge in [0, 0.05) is 19.6 Å². The van der Waals surface area contributed by atoms with Gasteiger partial charge in [0.15, 0.2) is 0 Å². The lowest BCUT2D eigenvalue weighted by Gasteiger charge is -2.26. The number of hydrogen-bond donors (Lipinski definition) is 2. The Bertz CT molecular complexity index is 347. The minimum absolute atomic E-state index is 0.0807. The Hall–Kier alpha value is -0.810. The van der Waals surface area contributed by atoms with E-state index in [0.717, 1.165) is 26.1 Å². The first-order valence-corrected chi connectivity index (χ1v) is 12.2. The molecular weight excluding hydrogens is 350 g/mol. The van der Waals surface area contributed by atoms with Crippen LogP contribution < -0.4 is 10.7 Å². The van der Waals surface area contributed by atoms with Gasteiger partial charge in [-0.05, 0) is 6.42 Å². The van der Waals surface area contributed by atoms with Crippen molar-refractivity contribution >= 4 is 6.03 Å². The molecule has 0 spiro atoms. The largest absolute Gasteiger partial charge is 0.379 e. The molecule has 1 saturated heterocycles. The number of amides is 2. The highest BCUT2D eigenvalue weighted by atomic mass is 16.5. The van der Waals surface area contributed by atoms with Crippen molar-refractivity contribution in [2.45, 2.75) is 110 Å². The second-order valence-electron chi connectivity index (χ2n) is 8.27. The maximum Gasteiger partial charge on any atom is 0.329 e. The Morgan fingerprint density at radius 2 is 1.14 bits per heavy atom. The Balaban J connectivity index is 1.71. The molecule has 5 nitrogen and oxygen atoms in total. The minimum Gasteiger partial charge on any atom is -0.379 e. The van der Waals surface area contributed by atoms with Crippen LogP contribution in [0.2, 0.25) is 0 Å². The lowest BCUT2D eigenvalue weighted by Crippen LogP contribution is -2.51. The first-order chi connectivity index (χ1) is 13.8. The van der Waals surface area contributed by atoms with Crippen molar-refractivity contribution in [3.05, 3.63) is 0 Å². The number of unbranched alkanes of at least 4 members (excludes halogenated alkanes) is 15. The number of nitrogens with zero attached hydrogens (tertiary/aromatic N) is 1. The van der Waals surface area contributed by atoms with Crippen LogP contribution in [-0.4, -0.2) is 43.9 Å². The summed E-state index contributed by atoms with van der Waals surface area (Å²) in [6.45, 7) is 5.98. The Morgan fingerprint density at radius 3 is 1.61 bits per heavy atom. The Kier molecular flexibility index (Phi) is 17.6. The van der Waals surface area contributed by atoms with Crippen molar-refractivity contribution < 1.29 is 9.53 Å². The zero-order valence-corrected chi connectivity index (χ0v) is 18.6. The average Bonchev–Trinajstić information content (AvgIpc) is 2.71. The number of hydrogen-bond acceptors (Lipinski definition) is 3. The van der Waals surface area contributed by atoms with E-state index in [1.165, 1.54) is 96.3 Å². The van der Waals surface area contributed by atoms with Gasteiger partial charge in [0.1, 0.15) is 0 Å². The summed E-state index contributed by atoms with van der Waals surface area (Å²) in [7, 11) is 0. The number of nitrogens with one attached hydrogen (secondary N) is 2. The van der Waals surface area contributed by atoms with E-state index >= 15 is 0 Å². The normalized spacial score (nSPS) is 14.9. The molecule has 0 aliphatic carbocycles. The second kappa shape index (κ2) is 19.5. The van der Waals surface area contributed by atoms with Crippen LogP contribution in [0.5, 0.6) is 0 Å². The highest BCUT2D eigenvalue weighted by molar-refractivity contribution is 5.73. The van der Waals surface area contributed by atoms with Gasteiger partial charge in [-0.15, -0.1) is 0 Å². The molecule has 1 aliphatic rings. The molecule has 166 valence electrons. The molecule has 2 N–H and O–H groups in total. The number of carbonyl (C=O) groups is 1. The molecule has 0 radical (unpaired) electrons. The van der Waals surface area contributed by atoms with E-state index in [1.54, 1.807) is 0 Å². The number of ether oxygens (including phenoxy) is 1. The molecule has 0 aromatic rings. The topological polar surface area (TPSA) is 53.6 Å². The molecule has 5 heteroatoms. The highest BCUT2D eigenvalue weighted by Gasteiger charge is 2.12. The third-order valence-electron chi connectivity index (χ3n) is 5.59. The van der Waals surface area contributed by atoms with Crippen molar-refractivity contribution in [1.29, 1.82) is 0 Å². The van der Waals surface area contributed by atoms with Gasteiger partial charge in [0.2, 0.25) is 0 Å². The summed E-state index contributed by atoms with van der Waals surface area (Å²) in [6.07, 6.45) is 22.0. The van der Waals surface area contributed by atoms with E-state index in [0.29, 0.717) is 13.2 Å². The highest BCUT2D eigenvalue weighted by Crippen LogP contribution is 2.13. The maximum absolute atomic E-state index is 11.8. The van der Waals surface area contributed by atoms with Gasteiger partial charge in [0.25, 0.3) is 0 Å². The molecule has 0 unspecified atom stereocenters. The zero-order valence-electron chi connectivity index (χ0n) is 18.6. The molecule has 0 atom stereocenters. The predicted molar refractivity (Wildman–Crippen MR) is 118 cm³/mol. The molecular formula is C23H47N3O2. The second-order valence-corrected chi connectivity index (χ2v) is 8.27. The Morgan fingerprint density at radius 1 is 0.714 bits per heavy atom. The molecule has 1 fully saturated rings. The number of carbonyl (C=O) groups excluding carboxylic acids is 1. The van der Waals surface area contributed by atoms with Crippen LogP contribution in [0.25, 0.3) is 0 Å². The summed E-state index contributed by atoms with van der Waals surface area (Å²) >= 11 is 0. The van der Waals surface area contributed by atoms with E-state index in [1.807, 2.05) is 5.01 Å². The summed E-state index contributed by atoms with van der Waals surface area (Å²) < 4.78 is 5.27.